The van der Waals surface area contributed by atoms with Gasteiger partial charge in [-0.2, -0.15) is 0 Å². The Hall–Kier alpha value is -2.78. The minimum Gasteiger partial charge on any atom is -0.497 e. The van der Waals surface area contributed by atoms with Gasteiger partial charge in [-0.05, 0) is 54.5 Å². The third-order valence-electron chi connectivity index (χ3n) is 7.30. The average molecular weight is 494 g/mol. The monoisotopic (exact) mass is 493 g/mol. The number of rotatable bonds is 9. The Labute approximate surface area is 212 Å². The van der Waals surface area contributed by atoms with Crippen LogP contribution in [0.2, 0.25) is 0 Å². The second kappa shape index (κ2) is 11.5. The molecule has 1 N–H and O–H groups in total. The summed E-state index contributed by atoms with van der Waals surface area (Å²) in [6.45, 7) is 0.471. The summed E-state index contributed by atoms with van der Waals surface area (Å²) in [6.07, 6.45) is 6.13. The minimum absolute atomic E-state index is 0.00103. The molecule has 2 aromatic carbocycles. The SMILES string of the molecule is COCc1cn([C@@H]2C[C@@H]3O[C@@H](CO)CC[C@@H]3O[C@@H]2CCc2ccc(-c3ccc(OC)cc3)cc2)nn1. The number of nitrogens with zero attached hydrogens (tertiary/aromatic N) is 3. The molecule has 0 saturated carbocycles. The zero-order valence-electron chi connectivity index (χ0n) is 21.0. The van der Waals surface area contributed by atoms with Crippen molar-refractivity contribution in [3.8, 4) is 16.9 Å². The van der Waals surface area contributed by atoms with E-state index in [4.69, 9.17) is 18.9 Å². The van der Waals surface area contributed by atoms with Crippen LogP contribution in [0.1, 0.15) is 43.0 Å². The number of ether oxygens (including phenoxy) is 4. The van der Waals surface area contributed by atoms with Crippen molar-refractivity contribution < 1.29 is 24.1 Å². The number of methoxy groups -OCH3 is 2. The van der Waals surface area contributed by atoms with Gasteiger partial charge >= 0.3 is 0 Å². The predicted octanol–water partition coefficient (Wildman–Crippen LogP) is 3.97. The maximum atomic E-state index is 9.59. The van der Waals surface area contributed by atoms with Gasteiger partial charge in [0.1, 0.15) is 11.4 Å². The van der Waals surface area contributed by atoms with Gasteiger partial charge in [0, 0.05) is 13.5 Å². The second-order valence-corrected chi connectivity index (χ2v) is 9.66. The number of hydrogen-bond acceptors (Lipinski definition) is 7. The van der Waals surface area contributed by atoms with Gasteiger partial charge in [0.15, 0.2) is 0 Å². The zero-order chi connectivity index (χ0) is 24.9. The lowest BCUT2D eigenvalue weighted by Gasteiger charge is -2.45. The normalized spacial score (nSPS) is 25.9. The Morgan fingerprint density at radius 3 is 2.42 bits per heavy atom. The van der Waals surface area contributed by atoms with Crippen LogP contribution < -0.4 is 4.74 Å². The van der Waals surface area contributed by atoms with E-state index in [0.29, 0.717) is 6.61 Å². The molecule has 2 fully saturated rings. The molecule has 5 rings (SSSR count). The third-order valence-corrected chi connectivity index (χ3v) is 7.30. The molecule has 36 heavy (non-hydrogen) atoms. The smallest absolute Gasteiger partial charge is 0.118 e. The first-order chi connectivity index (χ1) is 17.7. The first-order valence-corrected chi connectivity index (χ1v) is 12.7. The molecule has 2 aliphatic rings. The molecule has 0 aliphatic carbocycles. The fraction of sp³-hybridized carbons (Fsp3) is 0.500. The molecular formula is C28H35N3O5. The van der Waals surface area contributed by atoms with E-state index in [1.54, 1.807) is 14.2 Å². The highest BCUT2D eigenvalue weighted by Crippen LogP contribution is 2.38. The van der Waals surface area contributed by atoms with E-state index in [9.17, 15) is 5.11 Å². The van der Waals surface area contributed by atoms with E-state index in [-0.39, 0.29) is 37.1 Å². The van der Waals surface area contributed by atoms with E-state index < -0.39 is 0 Å². The van der Waals surface area contributed by atoms with Crippen LogP contribution in [-0.4, -0.2) is 65.3 Å². The van der Waals surface area contributed by atoms with Crippen LogP contribution in [0.3, 0.4) is 0 Å². The van der Waals surface area contributed by atoms with Crippen molar-refractivity contribution in [3.05, 3.63) is 66.0 Å². The Morgan fingerprint density at radius 2 is 1.72 bits per heavy atom. The molecule has 8 nitrogen and oxygen atoms in total. The summed E-state index contributed by atoms with van der Waals surface area (Å²) >= 11 is 0. The van der Waals surface area contributed by atoms with Crippen molar-refractivity contribution in [1.82, 2.24) is 15.0 Å². The molecule has 0 amide bonds. The van der Waals surface area contributed by atoms with Crippen LogP contribution in [0, 0.1) is 0 Å². The molecule has 0 bridgehead atoms. The summed E-state index contributed by atoms with van der Waals surface area (Å²) in [4.78, 5) is 0. The van der Waals surface area contributed by atoms with E-state index in [1.807, 2.05) is 23.0 Å². The Morgan fingerprint density at radius 1 is 0.972 bits per heavy atom. The van der Waals surface area contributed by atoms with Crippen LogP contribution >= 0.6 is 0 Å². The molecule has 2 aliphatic heterocycles. The molecular weight excluding hydrogens is 458 g/mol. The number of aryl methyl sites for hydroxylation is 1. The minimum atomic E-state index is -0.115. The maximum Gasteiger partial charge on any atom is 0.118 e. The number of aliphatic hydroxyl groups excluding tert-OH is 1. The van der Waals surface area contributed by atoms with Crippen LogP contribution in [0.15, 0.2) is 54.7 Å². The molecule has 8 heteroatoms. The van der Waals surface area contributed by atoms with Crippen molar-refractivity contribution >= 4 is 0 Å². The molecule has 3 aromatic rings. The Bertz CT molecular complexity index is 1100. The fourth-order valence-electron chi connectivity index (χ4n) is 5.33. The number of hydrogen-bond donors (Lipinski definition) is 1. The fourth-order valence-corrected chi connectivity index (χ4v) is 5.33. The van der Waals surface area contributed by atoms with Crippen LogP contribution in [0.25, 0.3) is 11.1 Å². The average Bonchev–Trinajstić information content (AvgIpc) is 3.40. The van der Waals surface area contributed by atoms with Gasteiger partial charge in [0.05, 0.1) is 57.0 Å². The van der Waals surface area contributed by atoms with Crippen molar-refractivity contribution in [1.29, 1.82) is 0 Å². The molecule has 192 valence electrons. The van der Waals surface area contributed by atoms with E-state index in [0.717, 1.165) is 43.5 Å². The zero-order valence-corrected chi connectivity index (χ0v) is 21.0. The molecule has 0 unspecified atom stereocenters. The summed E-state index contributed by atoms with van der Waals surface area (Å²) < 4.78 is 25.2. The molecule has 1 aromatic heterocycles. The van der Waals surface area contributed by atoms with E-state index >= 15 is 0 Å². The van der Waals surface area contributed by atoms with Crippen LogP contribution in [0.4, 0.5) is 0 Å². The summed E-state index contributed by atoms with van der Waals surface area (Å²) in [5, 5.41) is 18.2. The highest BCUT2D eigenvalue weighted by atomic mass is 16.6. The number of benzene rings is 2. The first-order valence-electron chi connectivity index (χ1n) is 12.7. The molecule has 3 heterocycles. The highest BCUT2D eigenvalue weighted by Gasteiger charge is 2.43. The molecule has 5 atom stereocenters. The van der Waals surface area contributed by atoms with Gasteiger partial charge < -0.3 is 24.1 Å². The van der Waals surface area contributed by atoms with E-state index in [2.05, 4.69) is 46.7 Å². The molecule has 2 saturated heterocycles. The third kappa shape index (κ3) is 5.62. The summed E-state index contributed by atoms with van der Waals surface area (Å²) in [7, 11) is 3.33. The quantitative estimate of drug-likeness (QED) is 0.483. The number of aliphatic hydroxyl groups is 1. The summed E-state index contributed by atoms with van der Waals surface area (Å²) in [5.74, 6) is 0.858. The van der Waals surface area contributed by atoms with Crippen molar-refractivity contribution in [2.24, 2.45) is 0 Å². The maximum absolute atomic E-state index is 9.59. The highest BCUT2D eigenvalue weighted by molar-refractivity contribution is 5.64. The van der Waals surface area contributed by atoms with E-state index in [1.165, 1.54) is 16.7 Å². The molecule has 0 radical (unpaired) electrons. The van der Waals surface area contributed by atoms with Gasteiger partial charge in [-0.15, -0.1) is 5.10 Å². The summed E-state index contributed by atoms with van der Waals surface area (Å²) in [5.41, 5.74) is 4.42. The van der Waals surface area contributed by atoms with Crippen LogP contribution in [0.5, 0.6) is 5.75 Å². The second-order valence-electron chi connectivity index (χ2n) is 9.66. The Kier molecular flexibility index (Phi) is 7.96. The predicted molar refractivity (Wildman–Crippen MR) is 135 cm³/mol. The lowest BCUT2D eigenvalue weighted by molar-refractivity contribution is -0.209. The van der Waals surface area contributed by atoms with Crippen LogP contribution in [-0.2, 0) is 27.2 Å². The van der Waals surface area contributed by atoms with Gasteiger partial charge in [0.2, 0.25) is 0 Å². The van der Waals surface area contributed by atoms with Gasteiger partial charge in [-0.25, -0.2) is 4.68 Å². The number of aromatic nitrogens is 3. The number of fused-ring (bicyclic) bond motifs is 1. The van der Waals surface area contributed by atoms with Gasteiger partial charge in [-0.3, -0.25) is 0 Å². The van der Waals surface area contributed by atoms with Gasteiger partial charge in [-0.1, -0.05) is 41.6 Å². The first kappa shape index (κ1) is 24.9. The topological polar surface area (TPSA) is 87.9 Å². The standard InChI is InChI=1S/C28H35N3O5/c1-33-18-22-16-31(30-29-22)25-15-28-27(14-12-24(17-32)35-28)36-26(25)13-5-19-3-6-20(7-4-19)21-8-10-23(34-2)11-9-21/h3-4,6-11,16,24-28,32H,5,12-15,17-18H2,1-2H3/t24-,25-,26-,27+,28+/m1/s1. The lowest BCUT2D eigenvalue weighted by atomic mass is 9.88. The Balaban J connectivity index is 1.28. The molecule has 0 spiro atoms. The van der Waals surface area contributed by atoms with Crippen molar-refractivity contribution in [2.45, 2.75) is 69.2 Å². The van der Waals surface area contributed by atoms with Gasteiger partial charge in [0.25, 0.3) is 0 Å². The summed E-state index contributed by atoms with van der Waals surface area (Å²) in [6, 6.07) is 16.9. The van der Waals surface area contributed by atoms with Crippen molar-refractivity contribution in [3.63, 3.8) is 0 Å². The lowest BCUT2D eigenvalue weighted by Crippen LogP contribution is -2.51. The largest absolute Gasteiger partial charge is 0.497 e. The van der Waals surface area contributed by atoms with Crippen molar-refractivity contribution in [2.75, 3.05) is 20.8 Å².